The van der Waals surface area contributed by atoms with E-state index in [-0.39, 0.29) is 0 Å². The fourth-order valence-corrected chi connectivity index (χ4v) is 3.43. The van der Waals surface area contributed by atoms with E-state index >= 15 is 0 Å². The molecule has 0 unspecified atom stereocenters. The van der Waals surface area contributed by atoms with Crippen LogP contribution in [-0.2, 0) is 12.7 Å². The SMILES string of the molecule is Fc1c(F)c(C(F)(F)F)c(F)c(F)c1NN=Cc1cn(Cc2ccccc2)c2ccccc12. The first-order valence-electron chi connectivity index (χ1n) is 9.52. The zero-order valence-corrected chi connectivity index (χ0v) is 16.6. The summed E-state index contributed by atoms with van der Waals surface area (Å²) in [6.07, 6.45) is -2.75. The maximum atomic E-state index is 14.0. The highest BCUT2D eigenvalue weighted by Crippen LogP contribution is 2.38. The number of aromatic nitrogens is 1. The Morgan fingerprint density at radius 1 is 0.818 bits per heavy atom. The van der Waals surface area contributed by atoms with Gasteiger partial charge >= 0.3 is 6.18 Å². The monoisotopic (exact) mass is 465 g/mol. The van der Waals surface area contributed by atoms with Crippen LogP contribution in [0.3, 0.4) is 0 Å². The first-order chi connectivity index (χ1) is 15.7. The van der Waals surface area contributed by atoms with Crippen LogP contribution in [0.2, 0.25) is 0 Å². The van der Waals surface area contributed by atoms with Crippen LogP contribution in [0, 0.1) is 23.3 Å². The molecule has 4 rings (SSSR count). The number of anilines is 1. The summed E-state index contributed by atoms with van der Waals surface area (Å²) in [5.41, 5.74) is 0.00569. The summed E-state index contributed by atoms with van der Waals surface area (Å²) in [5, 5.41) is 4.32. The minimum atomic E-state index is -5.61. The summed E-state index contributed by atoms with van der Waals surface area (Å²) in [7, 11) is 0. The lowest BCUT2D eigenvalue weighted by Crippen LogP contribution is -2.16. The second-order valence-electron chi connectivity index (χ2n) is 7.09. The van der Waals surface area contributed by atoms with Gasteiger partial charge < -0.3 is 4.57 Å². The van der Waals surface area contributed by atoms with E-state index < -0.39 is 40.7 Å². The number of alkyl halides is 3. The summed E-state index contributed by atoms with van der Waals surface area (Å²) >= 11 is 0. The number of fused-ring (bicyclic) bond motifs is 1. The lowest BCUT2D eigenvalue weighted by Gasteiger charge is -2.13. The Morgan fingerprint density at radius 3 is 2.06 bits per heavy atom. The fraction of sp³-hybridized carbons (Fsp3) is 0.0870. The molecule has 0 aliphatic carbocycles. The van der Waals surface area contributed by atoms with E-state index in [4.69, 9.17) is 0 Å². The lowest BCUT2D eigenvalue weighted by atomic mass is 10.1. The summed E-state index contributed by atoms with van der Waals surface area (Å²) in [4.78, 5) is 0. The molecule has 0 aliphatic rings. The van der Waals surface area contributed by atoms with Crippen LogP contribution in [0.4, 0.5) is 36.4 Å². The lowest BCUT2D eigenvalue weighted by molar-refractivity contribution is -0.143. The number of rotatable bonds is 5. The van der Waals surface area contributed by atoms with E-state index in [2.05, 4.69) is 5.10 Å². The van der Waals surface area contributed by atoms with Crippen molar-refractivity contribution in [1.82, 2.24) is 4.57 Å². The molecule has 0 aliphatic heterocycles. The highest BCUT2D eigenvalue weighted by molar-refractivity contribution is 5.99. The topological polar surface area (TPSA) is 29.3 Å². The first-order valence-corrected chi connectivity index (χ1v) is 9.52. The molecule has 4 aromatic rings. The summed E-state index contributed by atoms with van der Waals surface area (Å²) in [6.45, 7) is 0.515. The van der Waals surface area contributed by atoms with Gasteiger partial charge in [0.1, 0.15) is 11.3 Å². The van der Waals surface area contributed by atoms with Gasteiger partial charge in [-0.25, -0.2) is 17.6 Å². The van der Waals surface area contributed by atoms with Crippen molar-refractivity contribution in [2.75, 3.05) is 5.43 Å². The smallest absolute Gasteiger partial charge is 0.342 e. The van der Waals surface area contributed by atoms with Crippen LogP contribution >= 0.6 is 0 Å². The number of hydrazone groups is 1. The van der Waals surface area contributed by atoms with Gasteiger partial charge in [-0.1, -0.05) is 48.5 Å². The molecule has 1 aromatic heterocycles. The molecule has 0 bridgehead atoms. The number of benzene rings is 3. The van der Waals surface area contributed by atoms with Gasteiger partial charge in [0.15, 0.2) is 23.3 Å². The van der Waals surface area contributed by atoms with Crippen molar-refractivity contribution in [2.24, 2.45) is 5.10 Å². The molecule has 1 N–H and O–H groups in total. The van der Waals surface area contributed by atoms with Crippen molar-refractivity contribution in [3.8, 4) is 0 Å². The zero-order chi connectivity index (χ0) is 23.8. The number of nitrogens with zero attached hydrogens (tertiary/aromatic N) is 2. The van der Waals surface area contributed by atoms with Crippen LogP contribution in [0.25, 0.3) is 10.9 Å². The third-order valence-electron chi connectivity index (χ3n) is 4.94. The second-order valence-corrected chi connectivity index (χ2v) is 7.09. The maximum absolute atomic E-state index is 14.0. The second kappa shape index (κ2) is 8.61. The van der Waals surface area contributed by atoms with Crippen LogP contribution in [0.15, 0.2) is 65.9 Å². The van der Waals surface area contributed by atoms with Crippen molar-refractivity contribution in [3.05, 3.63) is 101 Å². The van der Waals surface area contributed by atoms with E-state index in [0.717, 1.165) is 22.7 Å². The molecule has 3 nitrogen and oxygen atoms in total. The summed E-state index contributed by atoms with van der Waals surface area (Å²) < 4.78 is 95.7. The number of para-hydroxylation sites is 1. The van der Waals surface area contributed by atoms with Crippen LogP contribution in [0.5, 0.6) is 0 Å². The Hall–Kier alpha value is -3.82. The van der Waals surface area contributed by atoms with Crippen molar-refractivity contribution in [2.45, 2.75) is 12.7 Å². The fourth-order valence-electron chi connectivity index (χ4n) is 3.43. The van der Waals surface area contributed by atoms with Gasteiger partial charge in [0.25, 0.3) is 0 Å². The molecule has 0 atom stereocenters. The molecule has 3 aromatic carbocycles. The summed E-state index contributed by atoms with van der Waals surface area (Å²) in [6, 6.07) is 16.7. The molecule has 0 spiro atoms. The molecule has 0 fully saturated rings. The number of hydrogen-bond donors (Lipinski definition) is 1. The van der Waals surface area contributed by atoms with E-state index in [0.29, 0.717) is 12.1 Å². The van der Waals surface area contributed by atoms with Crippen molar-refractivity contribution in [3.63, 3.8) is 0 Å². The van der Waals surface area contributed by atoms with Crippen LogP contribution in [0.1, 0.15) is 16.7 Å². The van der Waals surface area contributed by atoms with Gasteiger partial charge in [-0.05, 0) is 11.6 Å². The maximum Gasteiger partial charge on any atom is 0.422 e. The number of halogens is 7. The zero-order valence-electron chi connectivity index (χ0n) is 16.6. The third-order valence-corrected chi connectivity index (χ3v) is 4.94. The van der Waals surface area contributed by atoms with Crippen molar-refractivity contribution < 1.29 is 30.7 Å². The van der Waals surface area contributed by atoms with Crippen molar-refractivity contribution in [1.29, 1.82) is 0 Å². The summed E-state index contributed by atoms with van der Waals surface area (Å²) in [5.74, 6) is -9.58. The van der Waals surface area contributed by atoms with Gasteiger partial charge in [-0.2, -0.15) is 18.3 Å². The molecular formula is C23H14F7N3. The Kier molecular flexibility index (Phi) is 5.84. The Balaban J connectivity index is 1.67. The van der Waals surface area contributed by atoms with E-state index in [1.54, 1.807) is 23.8 Å². The number of hydrogen-bond acceptors (Lipinski definition) is 2. The molecular weight excluding hydrogens is 451 g/mol. The highest BCUT2D eigenvalue weighted by Gasteiger charge is 2.42. The quantitative estimate of drug-likeness (QED) is 0.151. The van der Waals surface area contributed by atoms with Crippen molar-refractivity contribution >= 4 is 22.8 Å². The number of nitrogens with one attached hydrogen (secondary N) is 1. The van der Waals surface area contributed by atoms with Gasteiger partial charge in [-0.3, -0.25) is 5.43 Å². The minimum Gasteiger partial charge on any atom is -0.342 e. The third kappa shape index (κ3) is 4.28. The molecule has 170 valence electrons. The predicted octanol–water partition coefficient (Wildman–Crippen LogP) is 6.71. The van der Waals surface area contributed by atoms with E-state index in [9.17, 15) is 30.7 Å². The van der Waals surface area contributed by atoms with Gasteiger partial charge in [0, 0.05) is 29.2 Å². The normalized spacial score (nSPS) is 12.1. The average Bonchev–Trinajstić information content (AvgIpc) is 3.12. The molecule has 0 saturated carbocycles. The Bertz CT molecular complexity index is 1310. The average molecular weight is 465 g/mol. The van der Waals surface area contributed by atoms with Gasteiger partial charge in [0.05, 0.1) is 6.21 Å². The molecule has 1 heterocycles. The minimum absolute atomic E-state index is 0.503. The Labute approximate surface area is 182 Å². The Morgan fingerprint density at radius 2 is 1.42 bits per heavy atom. The van der Waals surface area contributed by atoms with Gasteiger partial charge in [-0.15, -0.1) is 0 Å². The molecule has 0 radical (unpaired) electrons. The van der Waals surface area contributed by atoms with E-state index in [1.165, 1.54) is 0 Å². The molecule has 33 heavy (non-hydrogen) atoms. The predicted molar refractivity (Wildman–Crippen MR) is 110 cm³/mol. The standard InChI is InChI=1S/C23H14F7N3/c24-18-17(23(28,29)30)19(25)21(27)22(20(18)26)32-31-10-14-12-33(11-13-6-2-1-3-7-13)16-9-5-4-8-15(14)16/h1-10,12,32H,11H2. The molecule has 0 amide bonds. The molecule has 0 saturated heterocycles. The van der Waals surface area contributed by atoms with Crippen LogP contribution in [-0.4, -0.2) is 10.8 Å². The largest absolute Gasteiger partial charge is 0.422 e. The first kappa shape index (κ1) is 22.4. The molecule has 10 heteroatoms. The van der Waals surface area contributed by atoms with Gasteiger partial charge in [0.2, 0.25) is 0 Å². The van der Waals surface area contributed by atoms with E-state index in [1.807, 2.05) is 47.0 Å². The highest BCUT2D eigenvalue weighted by atomic mass is 19.4. The van der Waals surface area contributed by atoms with Crippen LogP contribution < -0.4 is 5.43 Å².